The molecular weight excluding hydrogens is 354 g/mol. The van der Waals surface area contributed by atoms with Gasteiger partial charge in [-0.15, -0.1) is 0 Å². The molecule has 0 aliphatic heterocycles. The molecule has 0 spiro atoms. The number of carbonyl (C=O) groups is 1. The van der Waals surface area contributed by atoms with Crippen LogP contribution in [0.4, 0.5) is 0 Å². The van der Waals surface area contributed by atoms with E-state index >= 15 is 0 Å². The zero-order chi connectivity index (χ0) is 18.3. The molecule has 1 aromatic rings. The lowest BCUT2D eigenvalue weighted by molar-refractivity contribution is -0.151. The Morgan fingerprint density at radius 2 is 1.69 bits per heavy atom. The molecule has 1 aromatic carbocycles. The van der Waals surface area contributed by atoms with E-state index in [2.05, 4.69) is 18.7 Å². The molecule has 0 radical (unpaired) electrons. The maximum atomic E-state index is 13.0. The van der Waals surface area contributed by atoms with Gasteiger partial charge in [-0.2, -0.15) is 0 Å². The number of benzene rings is 1. The van der Waals surface area contributed by atoms with Crippen molar-refractivity contribution in [2.24, 2.45) is 0 Å². The molecule has 5 nitrogen and oxygen atoms in total. The van der Waals surface area contributed by atoms with E-state index in [0.717, 1.165) is 50.9 Å². The number of carbonyl (C=O) groups excluding carboxylic acids is 1. The third-order valence-corrected chi connectivity index (χ3v) is 5.32. The Kier molecular flexibility index (Phi) is 9.23. The topological polar surface area (TPSA) is 48.0 Å². The first-order valence-electron chi connectivity index (χ1n) is 9.23. The summed E-state index contributed by atoms with van der Waals surface area (Å²) in [6.45, 7) is 7.39. The molecule has 0 atom stereocenters. The maximum Gasteiger partial charge on any atom is 0.316 e. The minimum atomic E-state index is -0.553. The van der Waals surface area contributed by atoms with E-state index in [1.165, 1.54) is 0 Å². The number of halogens is 1. The predicted molar refractivity (Wildman–Crippen MR) is 98.4 cm³/mol. The van der Waals surface area contributed by atoms with E-state index in [1.54, 1.807) is 14.2 Å². The Labute approximate surface area is 163 Å². The van der Waals surface area contributed by atoms with Crippen LogP contribution in [-0.4, -0.2) is 51.3 Å². The van der Waals surface area contributed by atoms with E-state index in [-0.39, 0.29) is 18.4 Å². The van der Waals surface area contributed by atoms with Crippen molar-refractivity contribution in [2.75, 3.05) is 40.5 Å². The summed E-state index contributed by atoms with van der Waals surface area (Å²) in [4.78, 5) is 15.2. The summed E-state index contributed by atoms with van der Waals surface area (Å²) in [5, 5.41) is 0. The fourth-order valence-electron chi connectivity index (χ4n) is 3.67. The molecule has 0 bridgehead atoms. The number of rotatable bonds is 9. The average molecular weight is 385 g/mol. The van der Waals surface area contributed by atoms with Crippen LogP contribution >= 0.6 is 0 Å². The van der Waals surface area contributed by atoms with Crippen molar-refractivity contribution < 1.29 is 31.4 Å². The van der Waals surface area contributed by atoms with Gasteiger partial charge in [0.25, 0.3) is 0 Å². The smallest absolute Gasteiger partial charge is 0.316 e. The van der Waals surface area contributed by atoms with Crippen LogP contribution in [-0.2, 0) is 14.9 Å². The van der Waals surface area contributed by atoms with Crippen LogP contribution in [0, 0.1) is 0 Å². The van der Waals surface area contributed by atoms with Crippen LogP contribution in [0.25, 0.3) is 0 Å². The Bertz CT molecular complexity index is 569. The van der Waals surface area contributed by atoms with Gasteiger partial charge in [-0.05, 0) is 43.6 Å². The maximum absolute atomic E-state index is 13.0. The van der Waals surface area contributed by atoms with Crippen LogP contribution < -0.4 is 21.9 Å². The SMILES string of the molecule is CCN(CC)CCOC(=O)C1(c2ccc(OC)c(OC)c2)CCCC1.[Cl-]. The average Bonchev–Trinajstić information content (AvgIpc) is 3.15. The minimum absolute atomic E-state index is 0. The molecule has 148 valence electrons. The summed E-state index contributed by atoms with van der Waals surface area (Å²) in [6.07, 6.45) is 3.73. The molecular formula is C20H31ClNO4-. The van der Waals surface area contributed by atoms with E-state index in [9.17, 15) is 4.79 Å². The molecule has 0 heterocycles. The monoisotopic (exact) mass is 384 g/mol. The van der Waals surface area contributed by atoms with Crippen LogP contribution in [0.2, 0.25) is 0 Å². The van der Waals surface area contributed by atoms with Crippen LogP contribution in [0.5, 0.6) is 11.5 Å². The second kappa shape index (κ2) is 10.6. The highest BCUT2D eigenvalue weighted by molar-refractivity contribution is 5.84. The summed E-state index contributed by atoms with van der Waals surface area (Å²) >= 11 is 0. The van der Waals surface area contributed by atoms with E-state index in [4.69, 9.17) is 14.2 Å². The highest BCUT2D eigenvalue weighted by atomic mass is 35.5. The standard InChI is InChI=1S/C20H31NO4.ClH/c1-5-21(6-2)13-14-25-19(22)20(11-7-8-12-20)16-9-10-17(23-3)18(15-16)24-4;/h9-10,15H,5-8,11-14H2,1-4H3;1H/p-1. The number of likely N-dealkylation sites (N-methyl/N-ethyl adjacent to an activating group) is 1. The second-order valence-corrected chi connectivity index (χ2v) is 6.52. The number of ether oxygens (including phenoxy) is 3. The summed E-state index contributed by atoms with van der Waals surface area (Å²) in [5.74, 6) is 1.22. The molecule has 0 amide bonds. The lowest BCUT2D eigenvalue weighted by Gasteiger charge is -2.28. The van der Waals surface area contributed by atoms with Gasteiger partial charge in [0.05, 0.1) is 19.6 Å². The molecule has 0 aromatic heterocycles. The summed E-state index contributed by atoms with van der Waals surface area (Å²) in [7, 11) is 3.23. The molecule has 1 saturated carbocycles. The van der Waals surface area contributed by atoms with Gasteiger partial charge in [0.1, 0.15) is 6.61 Å². The highest BCUT2D eigenvalue weighted by Crippen LogP contribution is 2.44. The lowest BCUT2D eigenvalue weighted by Crippen LogP contribution is -3.00. The van der Waals surface area contributed by atoms with Crippen molar-refractivity contribution in [1.29, 1.82) is 0 Å². The highest BCUT2D eigenvalue weighted by Gasteiger charge is 2.44. The summed E-state index contributed by atoms with van der Waals surface area (Å²) in [6, 6.07) is 5.77. The summed E-state index contributed by atoms with van der Waals surface area (Å²) < 4.78 is 16.4. The van der Waals surface area contributed by atoms with E-state index < -0.39 is 5.41 Å². The third kappa shape index (κ3) is 4.83. The molecule has 1 aliphatic carbocycles. The van der Waals surface area contributed by atoms with Gasteiger partial charge >= 0.3 is 5.97 Å². The Balaban J connectivity index is 0.00000338. The molecule has 0 saturated heterocycles. The third-order valence-electron chi connectivity index (χ3n) is 5.32. The van der Waals surface area contributed by atoms with Crippen LogP contribution in [0.3, 0.4) is 0 Å². The van der Waals surface area contributed by atoms with Gasteiger partial charge < -0.3 is 31.5 Å². The molecule has 1 fully saturated rings. The van der Waals surface area contributed by atoms with Gasteiger partial charge in [-0.1, -0.05) is 32.8 Å². The number of hydrogen-bond acceptors (Lipinski definition) is 5. The van der Waals surface area contributed by atoms with E-state index in [1.807, 2.05) is 18.2 Å². The second-order valence-electron chi connectivity index (χ2n) is 6.52. The molecule has 26 heavy (non-hydrogen) atoms. The number of nitrogens with zero attached hydrogens (tertiary/aromatic N) is 1. The molecule has 6 heteroatoms. The first kappa shape index (κ1) is 22.6. The first-order chi connectivity index (χ1) is 12.1. The zero-order valence-corrected chi connectivity index (χ0v) is 17.1. The van der Waals surface area contributed by atoms with Crippen LogP contribution in [0.15, 0.2) is 18.2 Å². The van der Waals surface area contributed by atoms with Gasteiger partial charge in [-0.3, -0.25) is 4.79 Å². The first-order valence-corrected chi connectivity index (χ1v) is 9.23. The summed E-state index contributed by atoms with van der Waals surface area (Å²) in [5.41, 5.74) is 0.415. The van der Waals surface area contributed by atoms with Crippen molar-refractivity contribution in [1.82, 2.24) is 4.90 Å². The minimum Gasteiger partial charge on any atom is -1.00 e. The van der Waals surface area contributed by atoms with Crippen molar-refractivity contribution in [2.45, 2.75) is 44.9 Å². The number of methoxy groups -OCH3 is 2. The fourth-order valence-corrected chi connectivity index (χ4v) is 3.67. The van der Waals surface area contributed by atoms with Crippen molar-refractivity contribution in [3.63, 3.8) is 0 Å². The fraction of sp³-hybridized carbons (Fsp3) is 0.650. The van der Waals surface area contributed by atoms with Gasteiger partial charge in [0.2, 0.25) is 0 Å². The quantitative estimate of drug-likeness (QED) is 0.577. The zero-order valence-electron chi connectivity index (χ0n) is 16.3. The lowest BCUT2D eigenvalue weighted by atomic mass is 9.78. The van der Waals surface area contributed by atoms with Crippen LogP contribution in [0.1, 0.15) is 45.1 Å². The number of esters is 1. The van der Waals surface area contributed by atoms with Crippen molar-refractivity contribution in [3.8, 4) is 11.5 Å². The molecule has 2 rings (SSSR count). The Hall–Kier alpha value is -1.46. The normalized spacial score (nSPS) is 15.4. The predicted octanol–water partition coefficient (Wildman–Crippen LogP) is 0.405. The molecule has 0 unspecified atom stereocenters. The van der Waals surface area contributed by atoms with E-state index in [0.29, 0.717) is 18.1 Å². The largest absolute Gasteiger partial charge is 1.00 e. The molecule has 1 aliphatic rings. The van der Waals surface area contributed by atoms with Crippen molar-refractivity contribution in [3.05, 3.63) is 23.8 Å². The van der Waals surface area contributed by atoms with Gasteiger partial charge in [0.15, 0.2) is 11.5 Å². The van der Waals surface area contributed by atoms with Gasteiger partial charge in [-0.25, -0.2) is 0 Å². The Morgan fingerprint density at radius 3 is 2.23 bits per heavy atom. The number of hydrogen-bond donors (Lipinski definition) is 0. The Morgan fingerprint density at radius 1 is 1.08 bits per heavy atom. The molecule has 0 N–H and O–H groups in total. The van der Waals surface area contributed by atoms with Crippen molar-refractivity contribution >= 4 is 5.97 Å². The van der Waals surface area contributed by atoms with Gasteiger partial charge in [0, 0.05) is 6.54 Å².